The number of amides is 1. The molecule has 0 fully saturated rings. The van der Waals surface area contributed by atoms with Crippen molar-refractivity contribution >= 4 is 45.1 Å². The zero-order valence-electron chi connectivity index (χ0n) is 19.0. The van der Waals surface area contributed by atoms with Crippen LogP contribution in [-0.4, -0.2) is 46.4 Å². The Morgan fingerprint density at radius 2 is 1.91 bits per heavy atom. The normalized spacial score (nSPS) is 11.1. The van der Waals surface area contributed by atoms with Gasteiger partial charge in [-0.25, -0.2) is 18.9 Å². The molecule has 11 nitrogen and oxygen atoms in total. The van der Waals surface area contributed by atoms with Crippen LogP contribution in [0.15, 0.2) is 59.9 Å². The van der Waals surface area contributed by atoms with Gasteiger partial charge in [-0.15, -0.1) is 12.4 Å². The molecule has 13 heteroatoms. The number of hydroxylamine groups is 1. The van der Waals surface area contributed by atoms with Gasteiger partial charge in [0, 0.05) is 25.6 Å². The highest BCUT2D eigenvalue weighted by Crippen LogP contribution is 2.36. The van der Waals surface area contributed by atoms with Gasteiger partial charge in [-0.05, 0) is 42.8 Å². The van der Waals surface area contributed by atoms with Gasteiger partial charge in [-0.1, -0.05) is 6.07 Å². The number of ether oxygens (including phenoxy) is 1. The van der Waals surface area contributed by atoms with Crippen molar-refractivity contribution in [1.29, 1.82) is 0 Å². The quantitative estimate of drug-likeness (QED) is 0.281. The van der Waals surface area contributed by atoms with Gasteiger partial charge in [0.25, 0.3) is 15.9 Å². The minimum absolute atomic E-state index is 0. The molecule has 35 heavy (non-hydrogen) atoms. The predicted octanol–water partition coefficient (Wildman–Crippen LogP) is 2.62. The third-order valence-corrected chi connectivity index (χ3v) is 7.05. The molecule has 0 atom stereocenters. The Labute approximate surface area is 207 Å². The molecule has 3 aromatic heterocycles. The summed E-state index contributed by atoms with van der Waals surface area (Å²) >= 11 is 0. The number of hydrogen-bond acceptors (Lipinski definition) is 8. The van der Waals surface area contributed by atoms with Crippen molar-refractivity contribution < 1.29 is 23.2 Å². The largest absolute Gasteiger partial charge is 0.497 e. The molecule has 3 heterocycles. The molecule has 0 saturated carbocycles. The number of aryl methyl sites for hydroxylation is 2. The van der Waals surface area contributed by atoms with E-state index in [9.17, 15) is 18.4 Å². The maximum Gasteiger partial charge on any atom is 0.278 e. The number of hydrogen-bond donors (Lipinski definition) is 2. The van der Waals surface area contributed by atoms with E-state index in [1.807, 2.05) is 0 Å². The van der Waals surface area contributed by atoms with Crippen LogP contribution in [0.5, 0.6) is 5.75 Å². The molecule has 0 bridgehead atoms. The van der Waals surface area contributed by atoms with E-state index in [0.29, 0.717) is 28.0 Å². The first-order valence-electron chi connectivity index (χ1n) is 10.1. The van der Waals surface area contributed by atoms with Gasteiger partial charge in [0.05, 0.1) is 40.9 Å². The molecule has 184 valence electrons. The summed E-state index contributed by atoms with van der Waals surface area (Å²) in [7, 11) is -1.07. The van der Waals surface area contributed by atoms with Gasteiger partial charge in [0.1, 0.15) is 5.75 Å². The number of carbonyl (C=O) groups is 1. The summed E-state index contributed by atoms with van der Waals surface area (Å²) < 4.78 is 35.7. The molecular weight excluding hydrogens is 496 g/mol. The molecule has 0 aliphatic rings. The summed E-state index contributed by atoms with van der Waals surface area (Å²) in [6.45, 7) is 1.55. The number of methoxy groups -OCH3 is 1. The van der Waals surface area contributed by atoms with Crippen molar-refractivity contribution in [2.45, 2.75) is 18.4 Å². The Hall–Kier alpha value is -3.74. The number of carbonyl (C=O) groups excluding carboxylic acids is 1. The van der Waals surface area contributed by atoms with Gasteiger partial charge in [0.2, 0.25) is 0 Å². The van der Waals surface area contributed by atoms with Gasteiger partial charge in [-0.3, -0.25) is 24.0 Å². The first-order valence-corrected chi connectivity index (χ1v) is 11.5. The van der Waals surface area contributed by atoms with E-state index in [1.54, 1.807) is 37.8 Å². The van der Waals surface area contributed by atoms with Crippen LogP contribution in [-0.2, 0) is 23.6 Å². The van der Waals surface area contributed by atoms with E-state index >= 15 is 0 Å². The van der Waals surface area contributed by atoms with Crippen molar-refractivity contribution in [1.82, 2.24) is 25.2 Å². The van der Waals surface area contributed by atoms with E-state index in [0.717, 1.165) is 4.31 Å². The topological polar surface area (TPSA) is 140 Å². The average Bonchev–Trinajstić information content (AvgIpc) is 3.15. The maximum atomic E-state index is 14.0. The highest BCUT2D eigenvalue weighted by atomic mass is 35.5. The van der Waals surface area contributed by atoms with Crippen LogP contribution in [0, 0.1) is 6.92 Å². The lowest BCUT2D eigenvalue weighted by atomic mass is 10.1. The Bertz CT molecular complexity index is 1460. The lowest BCUT2D eigenvalue weighted by molar-refractivity contribution is 0.0707. The predicted molar refractivity (Wildman–Crippen MR) is 130 cm³/mol. The van der Waals surface area contributed by atoms with Crippen molar-refractivity contribution in [2.24, 2.45) is 7.05 Å². The molecular formula is C22H23ClN6O5S. The highest BCUT2D eigenvalue weighted by Gasteiger charge is 2.32. The number of nitrogens with one attached hydrogen (secondary N) is 1. The fourth-order valence-corrected chi connectivity index (χ4v) is 5.18. The fraction of sp³-hybridized carbons (Fsp3) is 0.182. The number of rotatable bonds is 7. The van der Waals surface area contributed by atoms with E-state index in [1.165, 1.54) is 48.5 Å². The number of anilines is 1. The average molecular weight is 519 g/mol. The molecule has 0 saturated heterocycles. The lowest BCUT2D eigenvalue weighted by Gasteiger charge is -2.27. The van der Waals surface area contributed by atoms with E-state index in [2.05, 4.69) is 15.1 Å². The van der Waals surface area contributed by atoms with Crippen molar-refractivity contribution in [2.75, 3.05) is 11.4 Å². The zero-order valence-corrected chi connectivity index (χ0v) is 20.7. The second-order valence-corrected chi connectivity index (χ2v) is 9.28. The molecule has 4 aromatic rings. The zero-order chi connectivity index (χ0) is 24.5. The van der Waals surface area contributed by atoms with Crippen molar-refractivity contribution in [3.63, 3.8) is 0 Å². The van der Waals surface area contributed by atoms with Gasteiger partial charge in [-0.2, -0.15) is 5.10 Å². The molecule has 0 aliphatic carbocycles. The molecule has 4 rings (SSSR count). The Morgan fingerprint density at radius 1 is 1.20 bits per heavy atom. The summed E-state index contributed by atoms with van der Waals surface area (Å²) in [5, 5.41) is 14.1. The van der Waals surface area contributed by atoms with Gasteiger partial charge >= 0.3 is 0 Å². The Morgan fingerprint density at radius 3 is 2.51 bits per heavy atom. The number of nitrogens with zero attached hydrogens (tertiary/aromatic N) is 5. The number of halogens is 1. The van der Waals surface area contributed by atoms with Crippen LogP contribution < -0.4 is 14.5 Å². The molecule has 0 aliphatic heterocycles. The van der Waals surface area contributed by atoms with Crippen LogP contribution in [0.3, 0.4) is 0 Å². The monoisotopic (exact) mass is 518 g/mol. The lowest BCUT2D eigenvalue weighted by Crippen LogP contribution is -2.33. The number of fused-ring (bicyclic) bond motifs is 1. The van der Waals surface area contributed by atoms with Gasteiger partial charge < -0.3 is 4.74 Å². The summed E-state index contributed by atoms with van der Waals surface area (Å²) in [5.41, 5.74) is 2.92. The Kier molecular flexibility index (Phi) is 7.58. The first-order chi connectivity index (χ1) is 16.3. The number of pyridine rings is 2. The second-order valence-electron chi connectivity index (χ2n) is 7.42. The molecule has 0 spiro atoms. The molecule has 0 unspecified atom stereocenters. The van der Waals surface area contributed by atoms with E-state index in [-0.39, 0.29) is 35.1 Å². The second kappa shape index (κ2) is 10.3. The summed E-state index contributed by atoms with van der Waals surface area (Å²) in [5.74, 6) is -0.415. The third kappa shape index (κ3) is 4.76. The van der Waals surface area contributed by atoms with Crippen LogP contribution in [0.2, 0.25) is 0 Å². The van der Waals surface area contributed by atoms with Crippen molar-refractivity contribution in [3.05, 3.63) is 71.8 Å². The summed E-state index contributed by atoms with van der Waals surface area (Å²) in [6.07, 6.45) is 4.33. The number of aromatic nitrogens is 4. The smallest absolute Gasteiger partial charge is 0.278 e. The summed E-state index contributed by atoms with van der Waals surface area (Å²) in [4.78, 5) is 21.0. The van der Waals surface area contributed by atoms with Crippen LogP contribution in [0.4, 0.5) is 5.69 Å². The highest BCUT2D eigenvalue weighted by molar-refractivity contribution is 7.92. The molecule has 1 aromatic carbocycles. The molecule has 0 radical (unpaired) electrons. The minimum Gasteiger partial charge on any atom is -0.497 e. The van der Waals surface area contributed by atoms with Crippen LogP contribution in [0.25, 0.3) is 11.0 Å². The summed E-state index contributed by atoms with van der Waals surface area (Å²) in [6, 6.07) is 9.33. The standard InChI is InChI=1S/C22H22N6O5S.ClH/c1-14-19-20(18(22(29)26-30)12-24-21(19)27(2)25-14)28(13-15-5-4-10-23-11-15)34(31,32)17-8-6-16(33-3)7-9-17;/h4-12,30H,13H2,1-3H3,(H,26,29);1H. The molecule has 1 amide bonds. The maximum absolute atomic E-state index is 14.0. The number of sulfonamides is 1. The number of benzene rings is 1. The van der Waals surface area contributed by atoms with Crippen molar-refractivity contribution in [3.8, 4) is 5.75 Å². The van der Waals surface area contributed by atoms with Crippen LogP contribution in [0.1, 0.15) is 21.6 Å². The van der Waals surface area contributed by atoms with Gasteiger partial charge in [0.15, 0.2) is 5.65 Å². The van der Waals surface area contributed by atoms with E-state index < -0.39 is 15.9 Å². The Balaban J connectivity index is 0.00000342. The SMILES string of the molecule is COc1ccc(S(=O)(=O)N(Cc2cccnc2)c2c(C(=O)NO)cnc3c2c(C)nn3C)cc1.Cl. The van der Waals surface area contributed by atoms with E-state index in [4.69, 9.17) is 4.74 Å². The fourth-order valence-electron chi connectivity index (χ4n) is 3.69. The minimum atomic E-state index is -4.22. The third-order valence-electron chi connectivity index (χ3n) is 5.29. The molecule has 2 N–H and O–H groups in total. The van der Waals surface area contributed by atoms with Crippen LogP contribution >= 0.6 is 12.4 Å². The first kappa shape index (κ1) is 25.9.